The maximum absolute atomic E-state index is 13.2. The van der Waals surface area contributed by atoms with Crippen molar-refractivity contribution in [2.45, 2.75) is 58.1 Å². The Hall–Kier alpha value is -4.19. The van der Waals surface area contributed by atoms with Crippen LogP contribution in [0.5, 0.6) is 0 Å². The summed E-state index contributed by atoms with van der Waals surface area (Å²) in [6.45, 7) is 5.65. The molecule has 0 aliphatic heterocycles. The molecule has 0 aromatic carbocycles. The van der Waals surface area contributed by atoms with E-state index < -0.39 is 11.4 Å². The number of nitrogens with zero attached hydrogens (tertiary/aromatic N) is 6. The smallest absolute Gasteiger partial charge is 0.223 e. The topological polar surface area (TPSA) is 147 Å². The van der Waals surface area contributed by atoms with Gasteiger partial charge >= 0.3 is 0 Å². The number of nitrogens with one attached hydrogen (secondary N) is 3. The highest BCUT2D eigenvalue weighted by Crippen LogP contribution is 2.39. The number of aromatic nitrogens is 7. The molecule has 1 saturated carbocycles. The number of aromatic amines is 1. The molecule has 4 aromatic rings. The highest BCUT2D eigenvalue weighted by atomic mass is 19.1. The molecule has 5 rings (SSSR count). The molecular weight excluding hydrogens is 489 g/mol. The van der Waals surface area contributed by atoms with Gasteiger partial charge in [-0.2, -0.15) is 10.2 Å². The van der Waals surface area contributed by atoms with Gasteiger partial charge in [-0.3, -0.25) is 9.89 Å². The lowest BCUT2D eigenvalue weighted by atomic mass is 9.77. The number of hydrogen-bond acceptors (Lipinski definition) is 8. The summed E-state index contributed by atoms with van der Waals surface area (Å²) < 4.78 is 14.6. The van der Waals surface area contributed by atoms with Crippen molar-refractivity contribution in [3.05, 3.63) is 71.4 Å². The summed E-state index contributed by atoms with van der Waals surface area (Å²) in [6.07, 6.45) is 5.78. The molecule has 198 valence electrons. The molecule has 0 spiro atoms. The van der Waals surface area contributed by atoms with Gasteiger partial charge in [-0.15, -0.1) is 0 Å². The van der Waals surface area contributed by atoms with E-state index in [2.05, 4.69) is 40.9 Å². The maximum atomic E-state index is 13.2. The Bertz CT molecular complexity index is 1420. The van der Waals surface area contributed by atoms with E-state index in [4.69, 9.17) is 0 Å². The van der Waals surface area contributed by atoms with Crippen LogP contribution in [0.2, 0.25) is 0 Å². The van der Waals surface area contributed by atoms with E-state index in [1.807, 2.05) is 32.9 Å². The fourth-order valence-electron chi connectivity index (χ4n) is 4.66. The number of H-pyrrole nitrogens is 1. The summed E-state index contributed by atoms with van der Waals surface area (Å²) in [6, 6.07) is 6.95. The minimum absolute atomic E-state index is 0.0702. The Kier molecular flexibility index (Phi) is 6.89. The Labute approximate surface area is 218 Å². The lowest BCUT2D eigenvalue weighted by molar-refractivity contribution is -0.129. The van der Waals surface area contributed by atoms with Crippen LogP contribution in [0, 0.1) is 25.6 Å². The summed E-state index contributed by atoms with van der Waals surface area (Å²) in [7, 11) is 0. The van der Waals surface area contributed by atoms with Gasteiger partial charge in [-0.1, -0.05) is 6.07 Å². The highest BCUT2D eigenvalue weighted by molar-refractivity contribution is 5.79. The van der Waals surface area contributed by atoms with Gasteiger partial charge in [0, 0.05) is 35.6 Å². The molecule has 12 heteroatoms. The Morgan fingerprint density at radius 1 is 1.18 bits per heavy atom. The van der Waals surface area contributed by atoms with Gasteiger partial charge in [0.25, 0.3) is 0 Å². The van der Waals surface area contributed by atoms with E-state index in [9.17, 15) is 14.3 Å². The molecule has 0 bridgehead atoms. The molecule has 0 unspecified atom stereocenters. The maximum Gasteiger partial charge on any atom is 0.223 e. The van der Waals surface area contributed by atoms with Crippen LogP contribution < -0.4 is 10.6 Å². The minimum atomic E-state index is -1.21. The van der Waals surface area contributed by atoms with Crippen LogP contribution in [0.3, 0.4) is 0 Å². The zero-order chi connectivity index (χ0) is 26.9. The van der Waals surface area contributed by atoms with E-state index in [1.54, 1.807) is 18.3 Å². The van der Waals surface area contributed by atoms with Crippen molar-refractivity contribution in [2.24, 2.45) is 5.92 Å². The largest absolute Gasteiger partial charge is 0.382 e. The number of carbonyl (C=O) groups excluding carboxylic acids is 1. The number of halogens is 1. The first-order chi connectivity index (χ1) is 18.2. The van der Waals surface area contributed by atoms with Crippen molar-refractivity contribution in [1.29, 1.82) is 0 Å². The average molecular weight is 520 g/mol. The number of anilines is 2. The number of rotatable bonds is 7. The summed E-state index contributed by atoms with van der Waals surface area (Å²) >= 11 is 0. The van der Waals surface area contributed by atoms with Gasteiger partial charge < -0.3 is 15.7 Å². The molecule has 0 radical (unpaired) electrons. The average Bonchev–Trinajstić information content (AvgIpc) is 3.51. The highest BCUT2D eigenvalue weighted by Gasteiger charge is 2.40. The SMILES string of the molecule is Cc1cc(Nc2cc(C)[nH]n2)nc([C@]2(O)CC[C@H](C(=O)N[C@@H](C)c3ccc(-n4cc(F)cn4)nc3)CC2)n1. The molecule has 1 amide bonds. The molecule has 1 fully saturated rings. The summed E-state index contributed by atoms with van der Waals surface area (Å²) in [5.41, 5.74) is 1.26. The van der Waals surface area contributed by atoms with Crippen molar-refractivity contribution in [1.82, 2.24) is 40.2 Å². The number of aryl methyl sites for hydroxylation is 2. The van der Waals surface area contributed by atoms with Crippen LogP contribution in [0.4, 0.5) is 16.0 Å². The van der Waals surface area contributed by atoms with Crippen molar-refractivity contribution in [3.63, 3.8) is 0 Å². The summed E-state index contributed by atoms with van der Waals surface area (Å²) in [5.74, 6) is 1.28. The quantitative estimate of drug-likeness (QED) is 0.290. The molecule has 38 heavy (non-hydrogen) atoms. The molecule has 11 nitrogen and oxygen atoms in total. The molecule has 4 aromatic heterocycles. The van der Waals surface area contributed by atoms with E-state index in [-0.39, 0.29) is 17.9 Å². The van der Waals surface area contributed by atoms with Gasteiger partial charge in [0.1, 0.15) is 11.4 Å². The van der Waals surface area contributed by atoms with Crippen molar-refractivity contribution < 1.29 is 14.3 Å². The third-order valence-electron chi connectivity index (χ3n) is 6.83. The predicted octanol–water partition coefficient (Wildman–Crippen LogP) is 3.54. The number of aliphatic hydroxyl groups is 1. The van der Waals surface area contributed by atoms with Crippen LogP contribution in [-0.2, 0) is 10.4 Å². The van der Waals surface area contributed by atoms with Gasteiger partial charge in [0.05, 0.1) is 18.4 Å². The number of hydrogen-bond donors (Lipinski definition) is 4. The number of pyridine rings is 1. The molecule has 4 N–H and O–H groups in total. The first kappa shape index (κ1) is 25.5. The predicted molar refractivity (Wildman–Crippen MR) is 137 cm³/mol. The normalized spacial score (nSPS) is 20.2. The minimum Gasteiger partial charge on any atom is -0.382 e. The molecule has 1 aliphatic rings. The fourth-order valence-corrected chi connectivity index (χ4v) is 4.66. The molecule has 4 heterocycles. The van der Waals surface area contributed by atoms with Crippen LogP contribution in [0.1, 0.15) is 61.4 Å². The van der Waals surface area contributed by atoms with Crippen LogP contribution >= 0.6 is 0 Å². The fraction of sp³-hybridized carbons (Fsp3) is 0.385. The molecule has 1 atom stereocenters. The van der Waals surface area contributed by atoms with E-state index in [0.717, 1.165) is 23.1 Å². The monoisotopic (exact) mass is 519 g/mol. The summed E-state index contributed by atoms with van der Waals surface area (Å²) in [4.78, 5) is 26.4. The van der Waals surface area contributed by atoms with E-state index in [1.165, 1.54) is 10.9 Å². The van der Waals surface area contributed by atoms with Crippen LogP contribution in [0.25, 0.3) is 5.82 Å². The Balaban J connectivity index is 1.19. The third-order valence-corrected chi connectivity index (χ3v) is 6.83. The second kappa shape index (κ2) is 10.3. The molecule has 0 saturated heterocycles. The van der Waals surface area contributed by atoms with E-state index >= 15 is 0 Å². The number of carbonyl (C=O) groups is 1. The first-order valence-corrected chi connectivity index (χ1v) is 12.5. The van der Waals surface area contributed by atoms with Crippen LogP contribution in [0.15, 0.2) is 42.9 Å². The van der Waals surface area contributed by atoms with Gasteiger partial charge in [-0.05, 0) is 58.1 Å². The third kappa shape index (κ3) is 5.54. The van der Waals surface area contributed by atoms with Crippen molar-refractivity contribution in [3.8, 4) is 5.82 Å². The lowest BCUT2D eigenvalue weighted by Gasteiger charge is -2.34. The number of amides is 1. The van der Waals surface area contributed by atoms with Crippen molar-refractivity contribution >= 4 is 17.5 Å². The second-order valence-corrected chi connectivity index (χ2v) is 9.87. The Morgan fingerprint density at radius 3 is 2.61 bits per heavy atom. The van der Waals surface area contributed by atoms with Gasteiger partial charge in [0.15, 0.2) is 23.3 Å². The lowest BCUT2D eigenvalue weighted by Crippen LogP contribution is -2.40. The van der Waals surface area contributed by atoms with Crippen LogP contribution in [-0.4, -0.2) is 45.9 Å². The van der Waals surface area contributed by atoms with Gasteiger partial charge in [-0.25, -0.2) is 24.0 Å². The zero-order valence-corrected chi connectivity index (χ0v) is 21.4. The van der Waals surface area contributed by atoms with Crippen molar-refractivity contribution in [2.75, 3.05) is 5.32 Å². The standard InChI is InChI=1S/C26H30FN9O2/c1-15-10-21(32-22-11-16(2)34-35-22)33-25(30-15)26(38)8-6-18(7-9-26)24(37)31-17(3)19-4-5-23(28-12-19)36-14-20(27)13-29-36/h4-5,10-14,17-18,38H,6-9H2,1-3H3,(H,31,37)(H2,30,32,33,34,35)/t17-,18-,26-/m0/s1. The van der Waals surface area contributed by atoms with Gasteiger partial charge in [0.2, 0.25) is 5.91 Å². The molecule has 1 aliphatic carbocycles. The summed E-state index contributed by atoms with van der Waals surface area (Å²) in [5, 5.41) is 28.5. The zero-order valence-electron chi connectivity index (χ0n) is 21.4. The van der Waals surface area contributed by atoms with E-state index in [0.29, 0.717) is 49.0 Å². The second-order valence-electron chi connectivity index (χ2n) is 9.87. The first-order valence-electron chi connectivity index (χ1n) is 12.5. The Morgan fingerprint density at radius 2 is 1.97 bits per heavy atom. The molecular formula is C26H30FN9O2.